The van der Waals surface area contributed by atoms with Crippen LogP contribution in [0.1, 0.15) is 7.43 Å². The summed E-state index contributed by atoms with van der Waals surface area (Å²) in [6.45, 7) is 0. The Labute approximate surface area is 37.6 Å². The van der Waals surface area contributed by atoms with Crippen LogP contribution < -0.4 is 0 Å². The van der Waals surface area contributed by atoms with E-state index in [4.69, 9.17) is 5.41 Å². The molecular weight excluding hydrogens is 78.1 g/mol. The van der Waals surface area contributed by atoms with Crippen molar-refractivity contribution >= 4 is 6.34 Å². The minimum Gasteiger partial charge on any atom is -0.288 e. The summed E-state index contributed by atoms with van der Waals surface area (Å²) in [5, 5.41) is 12.6. The Morgan fingerprint density at radius 2 is 2.17 bits per heavy atom. The summed E-state index contributed by atoms with van der Waals surface area (Å²) in [4.78, 5) is 0. The Morgan fingerprint density at radius 3 is 2.17 bits per heavy atom. The molecule has 36 valence electrons. The summed E-state index contributed by atoms with van der Waals surface area (Å²) >= 11 is 0. The molecule has 0 atom stereocenters. The number of nitrogens with zero attached hydrogens (tertiary/aromatic N) is 2. The van der Waals surface area contributed by atoms with Crippen LogP contribution in [0.2, 0.25) is 0 Å². The van der Waals surface area contributed by atoms with Crippen LogP contribution in [0.25, 0.3) is 0 Å². The van der Waals surface area contributed by atoms with Crippen LogP contribution in [0.15, 0.2) is 10.2 Å². The first kappa shape index (κ1) is 8.99. The number of nitrogens with one attached hydrogen (secondary N) is 1. The molecule has 0 bridgehead atoms. The van der Waals surface area contributed by atoms with E-state index in [1.54, 1.807) is 0 Å². The minimum absolute atomic E-state index is 0. The van der Waals surface area contributed by atoms with Crippen molar-refractivity contribution in [3.05, 3.63) is 0 Å². The van der Waals surface area contributed by atoms with E-state index in [2.05, 4.69) is 10.2 Å². The zero-order valence-corrected chi connectivity index (χ0v) is 2.97. The molecule has 0 aliphatic rings. The summed E-state index contributed by atoms with van der Waals surface area (Å²) in [7, 11) is 1.52. The van der Waals surface area contributed by atoms with Crippen molar-refractivity contribution in [3.63, 3.8) is 0 Å². The first-order chi connectivity index (χ1) is 2.41. The van der Waals surface area contributed by atoms with Gasteiger partial charge in [0, 0.05) is 7.05 Å². The van der Waals surface area contributed by atoms with Gasteiger partial charge in [0.2, 0.25) is 0 Å². The Kier molecular flexibility index (Phi) is 13.3. The maximum absolute atomic E-state index is 6.22. The third-order valence-electron chi connectivity index (χ3n) is 0.173. The van der Waals surface area contributed by atoms with Crippen molar-refractivity contribution in [2.75, 3.05) is 7.05 Å². The summed E-state index contributed by atoms with van der Waals surface area (Å²) in [5.74, 6) is 0. The molecule has 0 rings (SSSR count). The fraction of sp³-hybridized carbons (Fsp3) is 0.667. The highest BCUT2D eigenvalue weighted by Crippen LogP contribution is 1.53. The van der Waals surface area contributed by atoms with Crippen molar-refractivity contribution in [3.8, 4) is 0 Å². The Bertz CT molecular complexity index is 48.0. The molecule has 0 aliphatic carbocycles. The zero-order chi connectivity index (χ0) is 4.12. The van der Waals surface area contributed by atoms with E-state index in [1.165, 1.54) is 7.05 Å². The number of azo groups is 1. The summed E-state index contributed by atoms with van der Waals surface area (Å²) in [6, 6.07) is 0. The standard InChI is InChI=1S/C2H5N3.CH4/c1-4-5-2-3;/h2-3H,1H3;1H4. The van der Waals surface area contributed by atoms with Gasteiger partial charge in [0.1, 0.15) is 6.34 Å². The molecule has 0 amide bonds. The van der Waals surface area contributed by atoms with Crippen LogP contribution in [0.4, 0.5) is 0 Å². The average Bonchev–Trinajstić information content (AvgIpc) is 1.41. The summed E-state index contributed by atoms with van der Waals surface area (Å²) < 4.78 is 0. The van der Waals surface area contributed by atoms with Gasteiger partial charge in [-0.2, -0.15) is 5.11 Å². The normalized spacial score (nSPS) is 7.50. The van der Waals surface area contributed by atoms with E-state index in [0.717, 1.165) is 6.34 Å². The molecule has 0 unspecified atom stereocenters. The van der Waals surface area contributed by atoms with E-state index >= 15 is 0 Å². The molecule has 1 N–H and O–H groups in total. The van der Waals surface area contributed by atoms with Crippen molar-refractivity contribution in [2.24, 2.45) is 10.2 Å². The van der Waals surface area contributed by atoms with E-state index in [0.29, 0.717) is 0 Å². The fourth-order valence-electron chi connectivity index (χ4n) is 0.0577. The highest BCUT2D eigenvalue weighted by Gasteiger charge is 1.42. The molecule has 3 nitrogen and oxygen atoms in total. The third-order valence-corrected chi connectivity index (χ3v) is 0.173. The van der Waals surface area contributed by atoms with Gasteiger partial charge in [0.15, 0.2) is 0 Å². The van der Waals surface area contributed by atoms with Gasteiger partial charge in [-0.05, 0) is 0 Å². The van der Waals surface area contributed by atoms with Crippen LogP contribution in [-0.4, -0.2) is 13.4 Å². The SMILES string of the molecule is C.CN=NC=N. The van der Waals surface area contributed by atoms with Gasteiger partial charge in [0.25, 0.3) is 0 Å². The highest BCUT2D eigenvalue weighted by molar-refractivity contribution is 5.49. The van der Waals surface area contributed by atoms with Crippen LogP contribution >= 0.6 is 0 Å². The molecule has 0 saturated heterocycles. The molecule has 0 aromatic carbocycles. The van der Waals surface area contributed by atoms with Crippen molar-refractivity contribution in [1.29, 1.82) is 5.41 Å². The van der Waals surface area contributed by atoms with Gasteiger partial charge in [-0.15, -0.1) is 5.11 Å². The first-order valence-corrected chi connectivity index (χ1v) is 1.19. The maximum atomic E-state index is 6.22. The van der Waals surface area contributed by atoms with Crippen molar-refractivity contribution < 1.29 is 0 Å². The van der Waals surface area contributed by atoms with Gasteiger partial charge >= 0.3 is 0 Å². The van der Waals surface area contributed by atoms with Crippen molar-refractivity contribution in [2.45, 2.75) is 7.43 Å². The van der Waals surface area contributed by atoms with Gasteiger partial charge in [-0.1, -0.05) is 7.43 Å². The largest absolute Gasteiger partial charge is 0.288 e. The molecule has 3 heteroatoms. The molecule has 0 aromatic rings. The monoisotopic (exact) mass is 87.1 g/mol. The van der Waals surface area contributed by atoms with Crippen LogP contribution in [-0.2, 0) is 0 Å². The topological polar surface area (TPSA) is 48.6 Å². The molecule has 0 saturated carbocycles. The lowest BCUT2D eigenvalue weighted by atomic mass is 11.4. The predicted octanol–water partition coefficient (Wildman–Crippen LogP) is 1.31. The van der Waals surface area contributed by atoms with Crippen LogP contribution in [0.3, 0.4) is 0 Å². The Hall–Kier alpha value is -0.730. The number of hydrogen-bond acceptors (Lipinski definition) is 2. The maximum Gasteiger partial charge on any atom is 0.129 e. The molecule has 0 aliphatic heterocycles. The first-order valence-electron chi connectivity index (χ1n) is 1.19. The minimum atomic E-state index is 0. The Balaban J connectivity index is 0. The second kappa shape index (κ2) is 8.86. The van der Waals surface area contributed by atoms with Gasteiger partial charge in [-0.25, -0.2) is 0 Å². The molecule has 6 heavy (non-hydrogen) atoms. The summed E-state index contributed by atoms with van der Waals surface area (Å²) in [5.41, 5.74) is 0. The predicted molar refractivity (Wildman–Crippen MR) is 26.3 cm³/mol. The second-order valence-electron chi connectivity index (χ2n) is 0.445. The van der Waals surface area contributed by atoms with Gasteiger partial charge in [-0.3, -0.25) is 5.41 Å². The lowest BCUT2D eigenvalue weighted by Crippen LogP contribution is -1.49. The van der Waals surface area contributed by atoms with E-state index in [1.807, 2.05) is 0 Å². The van der Waals surface area contributed by atoms with Gasteiger partial charge < -0.3 is 0 Å². The molecule has 0 heterocycles. The quantitative estimate of drug-likeness (QED) is 0.285. The van der Waals surface area contributed by atoms with E-state index in [9.17, 15) is 0 Å². The number of rotatable bonds is 1. The molecule has 0 spiro atoms. The molecule has 0 aromatic heterocycles. The van der Waals surface area contributed by atoms with Gasteiger partial charge in [0.05, 0.1) is 0 Å². The third kappa shape index (κ3) is 10.4. The smallest absolute Gasteiger partial charge is 0.129 e. The number of hydrogen-bond donors (Lipinski definition) is 1. The molecule has 0 radical (unpaired) electrons. The fourth-order valence-corrected chi connectivity index (χ4v) is 0.0577. The average molecular weight is 87.1 g/mol. The molecule has 0 fully saturated rings. The van der Waals surface area contributed by atoms with Crippen LogP contribution in [0.5, 0.6) is 0 Å². The van der Waals surface area contributed by atoms with E-state index in [-0.39, 0.29) is 7.43 Å². The molecular formula is C3H9N3. The van der Waals surface area contributed by atoms with E-state index < -0.39 is 0 Å². The lowest BCUT2D eigenvalue weighted by molar-refractivity contribution is 1.21. The zero-order valence-electron chi connectivity index (χ0n) is 2.97. The Morgan fingerprint density at radius 1 is 1.67 bits per heavy atom. The van der Waals surface area contributed by atoms with Crippen LogP contribution in [0, 0.1) is 5.41 Å². The highest BCUT2D eigenvalue weighted by atomic mass is 15.1. The summed E-state index contributed by atoms with van der Waals surface area (Å²) in [6.07, 6.45) is 0.889. The second-order valence-corrected chi connectivity index (χ2v) is 0.445. The lowest BCUT2D eigenvalue weighted by Gasteiger charge is -1.57. The van der Waals surface area contributed by atoms with Crippen molar-refractivity contribution in [1.82, 2.24) is 0 Å².